The van der Waals surface area contributed by atoms with Gasteiger partial charge in [-0.3, -0.25) is 0 Å². The average molecular weight is 466 g/mol. The van der Waals surface area contributed by atoms with E-state index in [0.717, 1.165) is 41.2 Å². The molecule has 0 aliphatic heterocycles. The summed E-state index contributed by atoms with van der Waals surface area (Å²) in [5.41, 5.74) is 2.04. The van der Waals surface area contributed by atoms with Gasteiger partial charge in [0.25, 0.3) is 5.82 Å². The summed E-state index contributed by atoms with van der Waals surface area (Å²) in [7, 11) is 3.65. The molecule has 0 spiro atoms. The Balaban J connectivity index is 1.55. The Kier molecular flexibility index (Phi) is 7.44. The second kappa shape index (κ2) is 10.5. The van der Waals surface area contributed by atoms with E-state index in [0.29, 0.717) is 24.4 Å². The first-order valence-electron chi connectivity index (χ1n) is 12.3. The van der Waals surface area contributed by atoms with Crippen molar-refractivity contribution in [2.75, 3.05) is 7.11 Å². The van der Waals surface area contributed by atoms with Gasteiger partial charge >= 0.3 is 5.97 Å². The molecule has 3 atom stereocenters. The molecule has 1 aromatic heterocycles. The van der Waals surface area contributed by atoms with Gasteiger partial charge in [0.15, 0.2) is 24.2 Å². The first kappa shape index (κ1) is 24.1. The molecule has 1 aliphatic carbocycles. The number of methoxy groups -OCH3 is 1. The zero-order chi connectivity index (χ0) is 24.2. The van der Waals surface area contributed by atoms with Crippen molar-refractivity contribution in [3.8, 4) is 11.5 Å². The van der Waals surface area contributed by atoms with Crippen LogP contribution in [0.4, 0.5) is 0 Å². The minimum atomic E-state index is -0.184. The highest BCUT2D eigenvalue weighted by Crippen LogP contribution is 2.35. The van der Waals surface area contributed by atoms with Crippen LogP contribution in [-0.4, -0.2) is 23.8 Å². The number of benzene rings is 2. The monoisotopic (exact) mass is 465 g/mol. The molecule has 1 heterocycles. The maximum Gasteiger partial charge on any atom is 0.348 e. The lowest BCUT2D eigenvalue weighted by atomic mass is 9.75. The van der Waals surface area contributed by atoms with Crippen molar-refractivity contribution in [2.45, 2.75) is 59.3 Å². The lowest BCUT2D eigenvalue weighted by Gasteiger charge is -2.36. The molecule has 0 radical (unpaired) electrons. The van der Waals surface area contributed by atoms with Crippen LogP contribution in [0.1, 0.15) is 45.9 Å². The number of ether oxygens (including phenoxy) is 3. The van der Waals surface area contributed by atoms with Crippen molar-refractivity contribution in [3.63, 3.8) is 0 Å². The molecule has 34 heavy (non-hydrogen) atoms. The van der Waals surface area contributed by atoms with Crippen LogP contribution >= 0.6 is 0 Å². The predicted molar refractivity (Wildman–Crippen MR) is 132 cm³/mol. The summed E-state index contributed by atoms with van der Waals surface area (Å²) in [6.07, 6.45) is 3.27. The molecular weight excluding hydrogens is 428 g/mol. The first-order chi connectivity index (χ1) is 16.4. The standard InChI is InChI=1S/C28H37N2O4/c1-19(2)23-15-10-20(3)16-26(23)34-28(31)17-30-25-9-7-6-8-24(25)29(4)27(30)18-33-22-13-11-21(32-5)12-14-22/h6-9,11-14,19-20,23,26H,10,15-18H2,1-5H3/q+1. The summed E-state index contributed by atoms with van der Waals surface area (Å²) < 4.78 is 21.5. The number of fused-ring (bicyclic) bond motifs is 1. The van der Waals surface area contributed by atoms with Gasteiger partial charge in [-0.15, -0.1) is 0 Å². The van der Waals surface area contributed by atoms with Crippen LogP contribution in [0, 0.1) is 17.8 Å². The number of nitrogens with zero attached hydrogens (tertiary/aromatic N) is 2. The summed E-state index contributed by atoms with van der Waals surface area (Å²) in [6, 6.07) is 15.6. The number of hydrogen-bond acceptors (Lipinski definition) is 4. The Labute approximate surface area is 202 Å². The zero-order valence-electron chi connectivity index (χ0n) is 21.0. The third-order valence-electron chi connectivity index (χ3n) is 7.19. The molecule has 6 nitrogen and oxygen atoms in total. The van der Waals surface area contributed by atoms with Crippen molar-refractivity contribution in [1.82, 2.24) is 4.57 Å². The minimum absolute atomic E-state index is 0.00849. The van der Waals surface area contributed by atoms with Crippen LogP contribution in [0.3, 0.4) is 0 Å². The van der Waals surface area contributed by atoms with Crippen LogP contribution in [0.15, 0.2) is 48.5 Å². The molecule has 1 aliphatic rings. The Morgan fingerprint density at radius 1 is 1.09 bits per heavy atom. The van der Waals surface area contributed by atoms with Crippen LogP contribution in [0.2, 0.25) is 0 Å². The summed E-state index contributed by atoms with van der Waals surface area (Å²) >= 11 is 0. The molecule has 1 saturated carbocycles. The SMILES string of the molecule is COc1ccc(OCc2n(CC(=O)OC3CC(C)CCC3C(C)C)c3ccccc3[n+]2C)cc1. The van der Waals surface area contributed by atoms with Gasteiger partial charge in [0.2, 0.25) is 0 Å². The fourth-order valence-corrected chi connectivity index (χ4v) is 5.19. The number of hydrogen-bond donors (Lipinski definition) is 0. The Morgan fingerprint density at radius 2 is 1.79 bits per heavy atom. The maximum atomic E-state index is 13.2. The van der Waals surface area contributed by atoms with Gasteiger partial charge in [0, 0.05) is 0 Å². The summed E-state index contributed by atoms with van der Waals surface area (Å²) in [5.74, 6) is 3.77. The minimum Gasteiger partial charge on any atom is -0.497 e. The van der Waals surface area contributed by atoms with E-state index in [-0.39, 0.29) is 18.6 Å². The molecule has 4 rings (SSSR count). The topological polar surface area (TPSA) is 53.6 Å². The molecule has 2 aromatic carbocycles. The predicted octanol–water partition coefficient (Wildman–Crippen LogP) is 5.06. The summed E-state index contributed by atoms with van der Waals surface area (Å²) in [5, 5.41) is 0. The van der Waals surface area contributed by atoms with Gasteiger partial charge in [-0.05, 0) is 67.0 Å². The van der Waals surface area contributed by atoms with Gasteiger partial charge in [-0.25, -0.2) is 13.9 Å². The number of esters is 1. The second-order valence-electron chi connectivity index (χ2n) is 9.87. The van der Waals surface area contributed by atoms with E-state index in [9.17, 15) is 4.79 Å². The lowest BCUT2D eigenvalue weighted by molar-refractivity contribution is -0.655. The highest BCUT2D eigenvalue weighted by atomic mass is 16.5. The molecule has 3 unspecified atom stereocenters. The number of carbonyl (C=O) groups excluding carboxylic acids is 1. The quantitative estimate of drug-likeness (QED) is 0.345. The van der Waals surface area contributed by atoms with Gasteiger partial charge in [0.1, 0.15) is 17.6 Å². The van der Waals surface area contributed by atoms with E-state index >= 15 is 0 Å². The number of rotatable bonds is 8. The van der Waals surface area contributed by atoms with E-state index in [4.69, 9.17) is 14.2 Å². The van der Waals surface area contributed by atoms with Crippen molar-refractivity contribution >= 4 is 17.0 Å². The molecule has 0 amide bonds. The van der Waals surface area contributed by atoms with Crippen molar-refractivity contribution in [1.29, 1.82) is 0 Å². The number of para-hydroxylation sites is 2. The van der Waals surface area contributed by atoms with E-state index in [1.165, 1.54) is 6.42 Å². The van der Waals surface area contributed by atoms with Gasteiger partial charge in [0.05, 0.1) is 14.2 Å². The Hall–Kier alpha value is -3.02. The van der Waals surface area contributed by atoms with E-state index in [1.54, 1.807) is 7.11 Å². The largest absolute Gasteiger partial charge is 0.497 e. The number of carbonyl (C=O) groups is 1. The highest BCUT2D eigenvalue weighted by molar-refractivity contribution is 5.76. The molecule has 0 saturated heterocycles. The van der Waals surface area contributed by atoms with Gasteiger partial charge in [-0.2, -0.15) is 0 Å². The zero-order valence-corrected chi connectivity index (χ0v) is 21.0. The lowest BCUT2D eigenvalue weighted by Crippen LogP contribution is -2.37. The second-order valence-corrected chi connectivity index (χ2v) is 9.87. The van der Waals surface area contributed by atoms with Crippen LogP contribution in [0.25, 0.3) is 11.0 Å². The molecule has 1 fully saturated rings. The average Bonchev–Trinajstić information content (AvgIpc) is 3.08. The third kappa shape index (κ3) is 5.21. The van der Waals surface area contributed by atoms with E-state index in [2.05, 4.69) is 31.4 Å². The van der Waals surface area contributed by atoms with Gasteiger partial charge < -0.3 is 14.2 Å². The Morgan fingerprint density at radius 3 is 2.50 bits per heavy atom. The number of imidazole rings is 1. The molecule has 182 valence electrons. The smallest absolute Gasteiger partial charge is 0.348 e. The molecular formula is C28H37N2O4+. The van der Waals surface area contributed by atoms with E-state index in [1.807, 2.05) is 54.1 Å². The van der Waals surface area contributed by atoms with E-state index < -0.39 is 0 Å². The maximum absolute atomic E-state index is 13.2. The Bertz CT molecular complexity index is 1120. The molecule has 6 heteroatoms. The van der Waals surface area contributed by atoms with Crippen LogP contribution in [-0.2, 0) is 29.7 Å². The fourth-order valence-electron chi connectivity index (χ4n) is 5.19. The van der Waals surface area contributed by atoms with Gasteiger partial charge in [-0.1, -0.05) is 39.3 Å². The van der Waals surface area contributed by atoms with Crippen LogP contribution in [0.5, 0.6) is 11.5 Å². The fraction of sp³-hybridized carbons (Fsp3) is 0.500. The molecule has 3 aromatic rings. The highest BCUT2D eigenvalue weighted by Gasteiger charge is 2.34. The summed E-state index contributed by atoms with van der Waals surface area (Å²) in [4.78, 5) is 13.2. The third-order valence-corrected chi connectivity index (χ3v) is 7.19. The first-order valence-corrected chi connectivity index (χ1v) is 12.3. The summed E-state index contributed by atoms with van der Waals surface area (Å²) in [6.45, 7) is 7.22. The number of aryl methyl sites for hydroxylation is 1. The van der Waals surface area contributed by atoms with Crippen molar-refractivity contribution < 1.29 is 23.6 Å². The molecule has 0 N–H and O–H groups in total. The van der Waals surface area contributed by atoms with Crippen molar-refractivity contribution in [3.05, 3.63) is 54.4 Å². The molecule has 0 bridgehead atoms. The number of aromatic nitrogens is 2. The van der Waals surface area contributed by atoms with Crippen molar-refractivity contribution in [2.24, 2.45) is 24.8 Å². The van der Waals surface area contributed by atoms with Crippen LogP contribution < -0.4 is 14.0 Å². The normalized spacial score (nSPS) is 20.5.